The minimum Gasteiger partial charge on any atom is -0.398 e. The molecule has 2 N–H and O–H groups in total. The van der Waals surface area contributed by atoms with Crippen molar-refractivity contribution in [3.63, 3.8) is 0 Å². The Bertz CT molecular complexity index is 395. The highest BCUT2D eigenvalue weighted by Crippen LogP contribution is 2.31. The van der Waals surface area contributed by atoms with E-state index in [1.807, 2.05) is 0 Å². The van der Waals surface area contributed by atoms with Gasteiger partial charge in [0, 0.05) is 6.07 Å². The third-order valence-electron chi connectivity index (χ3n) is 1.41. The number of hydrogen-bond donors (Lipinski definition) is 1. The highest BCUT2D eigenvalue weighted by Gasteiger charge is 2.32. The molecule has 0 radical (unpaired) electrons. The molecule has 0 atom stereocenters. The molecule has 1 aromatic heterocycles. The highest BCUT2D eigenvalue weighted by atomic mass is 127. The van der Waals surface area contributed by atoms with Gasteiger partial charge in [-0.2, -0.15) is 0 Å². The fourth-order valence-corrected chi connectivity index (χ4v) is 1.37. The lowest BCUT2D eigenvalue weighted by atomic mass is 10.3. The molecule has 16 heavy (non-hydrogen) atoms. The molecule has 1 rings (SSSR count). The molecule has 0 saturated heterocycles. The van der Waals surface area contributed by atoms with E-state index in [1.54, 1.807) is 0 Å². The molecule has 0 aliphatic heterocycles. The maximum atomic E-state index is 12.4. The van der Waals surface area contributed by atoms with E-state index in [0.29, 0.717) is 0 Å². The summed E-state index contributed by atoms with van der Waals surface area (Å²) in [5, 5.41) is 0. The van der Waals surface area contributed by atoms with Gasteiger partial charge in [-0.1, -0.05) is 0 Å². The zero-order valence-electron chi connectivity index (χ0n) is 7.36. The fraction of sp³-hybridized carbons (Fsp3) is 0.286. The van der Waals surface area contributed by atoms with Crippen molar-refractivity contribution in [3.05, 3.63) is 15.3 Å². The van der Waals surface area contributed by atoms with Gasteiger partial charge in [0.05, 0.1) is 9.26 Å². The van der Waals surface area contributed by atoms with Crippen LogP contribution < -0.4 is 10.5 Å². The summed E-state index contributed by atoms with van der Waals surface area (Å²) in [5.41, 5.74) is 4.17. The summed E-state index contributed by atoms with van der Waals surface area (Å²) < 4.78 is 63.5. The van der Waals surface area contributed by atoms with Crippen molar-refractivity contribution in [2.45, 2.75) is 12.8 Å². The molecule has 0 spiro atoms. The van der Waals surface area contributed by atoms with Crippen molar-refractivity contribution in [1.29, 1.82) is 0 Å². The first-order chi connectivity index (χ1) is 7.20. The second kappa shape index (κ2) is 4.55. The topological polar surface area (TPSA) is 48.1 Å². The number of anilines is 1. The zero-order valence-corrected chi connectivity index (χ0v) is 9.51. The number of nitrogens with two attached hydrogens (primary N) is 1. The third kappa shape index (κ3) is 3.32. The lowest BCUT2D eigenvalue weighted by molar-refractivity contribution is -0.276. The number of halogens is 6. The minimum atomic E-state index is -4.99. The molecule has 0 saturated carbocycles. The van der Waals surface area contributed by atoms with Crippen molar-refractivity contribution in [2.24, 2.45) is 0 Å². The molecule has 0 bridgehead atoms. The summed E-state index contributed by atoms with van der Waals surface area (Å²) in [7, 11) is 0. The van der Waals surface area contributed by atoms with Gasteiger partial charge in [0.1, 0.15) is 5.69 Å². The number of nitrogens with zero attached hydrogens (tertiary/aromatic N) is 1. The van der Waals surface area contributed by atoms with Crippen molar-refractivity contribution in [1.82, 2.24) is 4.98 Å². The van der Waals surface area contributed by atoms with E-state index in [-0.39, 0.29) is 9.26 Å². The van der Waals surface area contributed by atoms with E-state index >= 15 is 0 Å². The lowest BCUT2D eigenvalue weighted by Crippen LogP contribution is -2.18. The molecule has 90 valence electrons. The highest BCUT2D eigenvalue weighted by molar-refractivity contribution is 14.1. The standard InChI is InChI=1S/C7H4F5IN2O/c8-6(9)5-4(13)2(14)1-3(15-5)16-7(10,11)12/h1,6H,(H2,14,15). The number of rotatable bonds is 2. The van der Waals surface area contributed by atoms with Crippen LogP contribution in [0.1, 0.15) is 12.1 Å². The predicted octanol–water partition coefficient (Wildman–Crippen LogP) is 3.10. The molecular weight excluding hydrogens is 350 g/mol. The summed E-state index contributed by atoms with van der Waals surface area (Å²) in [6.07, 6.45) is -8.02. The lowest BCUT2D eigenvalue weighted by Gasteiger charge is -2.11. The van der Waals surface area contributed by atoms with Crippen LogP contribution in [0.2, 0.25) is 0 Å². The SMILES string of the molecule is Nc1cc(OC(F)(F)F)nc(C(F)F)c1I. The second-order valence-corrected chi connectivity index (χ2v) is 3.68. The van der Waals surface area contributed by atoms with Crippen molar-refractivity contribution in [3.8, 4) is 5.88 Å². The molecule has 1 heterocycles. The van der Waals surface area contributed by atoms with Crippen LogP contribution in [0.15, 0.2) is 6.07 Å². The minimum absolute atomic E-state index is 0.0953. The molecule has 1 aromatic rings. The fourth-order valence-electron chi connectivity index (χ4n) is 0.860. The van der Waals surface area contributed by atoms with Gasteiger partial charge in [0.25, 0.3) is 6.43 Å². The maximum absolute atomic E-state index is 12.4. The average molecular weight is 354 g/mol. The van der Waals surface area contributed by atoms with Gasteiger partial charge >= 0.3 is 6.36 Å². The third-order valence-corrected chi connectivity index (χ3v) is 2.59. The first kappa shape index (κ1) is 13.2. The number of nitrogen functional groups attached to an aromatic ring is 1. The maximum Gasteiger partial charge on any atom is 0.574 e. The Labute approximate surface area is 99.9 Å². The first-order valence-electron chi connectivity index (χ1n) is 3.70. The molecule has 0 aliphatic rings. The van der Waals surface area contributed by atoms with Crippen LogP contribution in [0.3, 0.4) is 0 Å². The summed E-state index contributed by atoms with van der Waals surface area (Å²) in [6, 6.07) is 0.737. The average Bonchev–Trinajstić information content (AvgIpc) is 2.07. The molecule has 9 heteroatoms. The van der Waals surface area contributed by atoms with E-state index in [9.17, 15) is 22.0 Å². The Morgan fingerprint density at radius 3 is 2.38 bits per heavy atom. The van der Waals surface area contributed by atoms with Gasteiger partial charge in [0.2, 0.25) is 5.88 Å². The normalized spacial score (nSPS) is 11.9. The second-order valence-electron chi connectivity index (χ2n) is 2.60. The van der Waals surface area contributed by atoms with E-state index < -0.39 is 24.4 Å². The number of pyridine rings is 1. The van der Waals surface area contributed by atoms with Crippen LogP contribution in [-0.4, -0.2) is 11.3 Å². The van der Waals surface area contributed by atoms with Crippen molar-refractivity contribution in [2.75, 3.05) is 5.73 Å². The van der Waals surface area contributed by atoms with Gasteiger partial charge in [-0.15, -0.1) is 13.2 Å². The Morgan fingerprint density at radius 1 is 1.38 bits per heavy atom. The summed E-state index contributed by atoms with van der Waals surface area (Å²) >= 11 is 1.47. The quantitative estimate of drug-likeness (QED) is 0.656. The summed E-state index contributed by atoms with van der Waals surface area (Å²) in [6.45, 7) is 0. The van der Waals surface area contributed by atoms with Crippen LogP contribution in [-0.2, 0) is 0 Å². The largest absolute Gasteiger partial charge is 0.574 e. The monoisotopic (exact) mass is 354 g/mol. The van der Waals surface area contributed by atoms with Gasteiger partial charge in [-0.05, 0) is 22.6 Å². The van der Waals surface area contributed by atoms with Gasteiger partial charge in [-0.25, -0.2) is 13.8 Å². The number of hydrogen-bond acceptors (Lipinski definition) is 3. The number of alkyl halides is 5. The molecular formula is C7H4F5IN2O. The molecule has 0 amide bonds. The molecule has 0 aromatic carbocycles. The smallest absolute Gasteiger partial charge is 0.398 e. The van der Waals surface area contributed by atoms with Crippen LogP contribution in [0.5, 0.6) is 5.88 Å². The Kier molecular flexibility index (Phi) is 3.76. The summed E-state index contributed by atoms with van der Waals surface area (Å²) in [5.74, 6) is -0.999. The number of aromatic nitrogens is 1. The van der Waals surface area contributed by atoms with Crippen LogP contribution in [0, 0.1) is 3.57 Å². The Hall–Kier alpha value is -0.870. The summed E-state index contributed by atoms with van der Waals surface area (Å²) in [4.78, 5) is 3.04. The zero-order chi connectivity index (χ0) is 12.5. The Balaban J connectivity index is 3.14. The van der Waals surface area contributed by atoms with E-state index in [2.05, 4.69) is 9.72 Å². The molecule has 0 unspecified atom stereocenters. The van der Waals surface area contributed by atoms with E-state index in [0.717, 1.165) is 6.07 Å². The molecule has 3 nitrogen and oxygen atoms in total. The van der Waals surface area contributed by atoms with Gasteiger partial charge in [-0.3, -0.25) is 0 Å². The first-order valence-corrected chi connectivity index (χ1v) is 4.78. The molecule has 0 fully saturated rings. The molecule has 0 aliphatic carbocycles. The van der Waals surface area contributed by atoms with Crippen LogP contribution in [0.4, 0.5) is 27.6 Å². The Morgan fingerprint density at radius 2 is 1.94 bits per heavy atom. The van der Waals surface area contributed by atoms with E-state index in [4.69, 9.17) is 5.73 Å². The van der Waals surface area contributed by atoms with Crippen molar-refractivity contribution < 1.29 is 26.7 Å². The van der Waals surface area contributed by atoms with Crippen molar-refractivity contribution >= 4 is 28.3 Å². The number of ether oxygens (including phenoxy) is 1. The van der Waals surface area contributed by atoms with Gasteiger partial charge in [0.15, 0.2) is 0 Å². The van der Waals surface area contributed by atoms with E-state index in [1.165, 1.54) is 22.6 Å². The van der Waals surface area contributed by atoms with Crippen LogP contribution >= 0.6 is 22.6 Å². The van der Waals surface area contributed by atoms with Gasteiger partial charge < -0.3 is 10.5 Å². The predicted molar refractivity (Wildman–Crippen MR) is 53.0 cm³/mol. The van der Waals surface area contributed by atoms with Crippen LogP contribution in [0.25, 0.3) is 0 Å².